The maximum Gasteiger partial charge on any atom is 0.0223 e. The molecule has 2 nitrogen and oxygen atoms in total. The molecule has 2 aliphatic rings. The van der Waals surface area contributed by atoms with Crippen LogP contribution in [0.4, 0.5) is 0 Å². The Balaban J connectivity index is 1.84. The van der Waals surface area contributed by atoms with Crippen molar-refractivity contribution in [3.05, 3.63) is 0 Å². The van der Waals surface area contributed by atoms with Crippen LogP contribution in [0.15, 0.2) is 0 Å². The van der Waals surface area contributed by atoms with Crippen molar-refractivity contribution in [3.8, 4) is 0 Å². The van der Waals surface area contributed by atoms with E-state index in [1.165, 1.54) is 64.6 Å². The van der Waals surface area contributed by atoms with Crippen LogP contribution in [0.3, 0.4) is 0 Å². The molecule has 0 spiro atoms. The van der Waals surface area contributed by atoms with Crippen LogP contribution in [0.2, 0.25) is 0 Å². The van der Waals surface area contributed by atoms with E-state index < -0.39 is 0 Å². The van der Waals surface area contributed by atoms with Crippen molar-refractivity contribution in [2.45, 2.75) is 64.0 Å². The Labute approximate surface area is 101 Å². The quantitative estimate of drug-likeness (QED) is 0.727. The summed E-state index contributed by atoms with van der Waals surface area (Å²) in [4.78, 5) is 5.33. The number of nitrogens with zero attached hydrogens (tertiary/aromatic N) is 2. The lowest BCUT2D eigenvalue weighted by atomic mass is 9.92. The van der Waals surface area contributed by atoms with Crippen LogP contribution in [0, 0.1) is 0 Å². The van der Waals surface area contributed by atoms with E-state index in [1.807, 2.05) is 0 Å². The zero-order valence-corrected chi connectivity index (χ0v) is 11.1. The zero-order valence-electron chi connectivity index (χ0n) is 11.1. The third-order valence-electron chi connectivity index (χ3n) is 4.65. The summed E-state index contributed by atoms with van der Waals surface area (Å²) in [7, 11) is 2.37. The topological polar surface area (TPSA) is 6.48 Å². The lowest BCUT2D eigenvalue weighted by Crippen LogP contribution is -2.50. The van der Waals surface area contributed by atoms with Gasteiger partial charge in [-0.2, -0.15) is 0 Å². The molecule has 0 radical (unpaired) electrons. The Hall–Kier alpha value is -0.0800. The summed E-state index contributed by atoms with van der Waals surface area (Å²) in [5, 5.41) is 0. The first-order chi connectivity index (χ1) is 7.81. The van der Waals surface area contributed by atoms with Gasteiger partial charge in [0, 0.05) is 18.6 Å². The first-order valence-electron chi connectivity index (χ1n) is 7.25. The molecule has 0 bridgehead atoms. The minimum absolute atomic E-state index is 0.830. The molecule has 2 rings (SSSR count). The molecule has 0 aromatic carbocycles. The summed E-state index contributed by atoms with van der Waals surface area (Å²) < 4.78 is 0. The highest BCUT2D eigenvalue weighted by molar-refractivity contribution is 4.84. The van der Waals surface area contributed by atoms with E-state index >= 15 is 0 Å². The standard InChI is InChI=1S/C14H28N2/c1-3-16-11-7-10-14(12-16)15(2)13-8-5-4-6-9-13/h13-14H,3-12H2,1-2H3. The van der Waals surface area contributed by atoms with Gasteiger partial charge >= 0.3 is 0 Å². The van der Waals surface area contributed by atoms with E-state index in [9.17, 15) is 0 Å². The SMILES string of the molecule is CCN1CCCC(N(C)C2CCCCC2)C1. The Bertz CT molecular complexity index is 199. The average Bonchev–Trinajstić information content (AvgIpc) is 2.39. The highest BCUT2D eigenvalue weighted by Gasteiger charge is 2.27. The van der Waals surface area contributed by atoms with E-state index in [0.717, 1.165) is 12.1 Å². The van der Waals surface area contributed by atoms with Gasteiger partial charge in [-0.25, -0.2) is 0 Å². The van der Waals surface area contributed by atoms with Crippen LogP contribution in [-0.2, 0) is 0 Å². The van der Waals surface area contributed by atoms with Crippen molar-refractivity contribution in [2.24, 2.45) is 0 Å². The van der Waals surface area contributed by atoms with Gasteiger partial charge in [-0.05, 0) is 45.8 Å². The second kappa shape index (κ2) is 6.02. The molecule has 2 fully saturated rings. The molecule has 0 aromatic heterocycles. The van der Waals surface area contributed by atoms with E-state index in [1.54, 1.807) is 0 Å². The van der Waals surface area contributed by atoms with E-state index in [2.05, 4.69) is 23.8 Å². The Morgan fingerprint density at radius 1 is 1.00 bits per heavy atom. The van der Waals surface area contributed by atoms with Gasteiger partial charge in [0.1, 0.15) is 0 Å². The van der Waals surface area contributed by atoms with E-state index in [0.29, 0.717) is 0 Å². The van der Waals surface area contributed by atoms with Crippen molar-refractivity contribution in [1.29, 1.82) is 0 Å². The lowest BCUT2D eigenvalue weighted by molar-refractivity contribution is 0.0734. The molecule has 0 aromatic rings. The summed E-state index contributed by atoms with van der Waals surface area (Å²) in [6.07, 6.45) is 10.1. The highest BCUT2D eigenvalue weighted by atomic mass is 15.2. The molecule has 1 aliphatic heterocycles. The van der Waals surface area contributed by atoms with Gasteiger partial charge in [0.25, 0.3) is 0 Å². The predicted molar refractivity (Wildman–Crippen MR) is 69.8 cm³/mol. The van der Waals surface area contributed by atoms with Crippen LogP contribution >= 0.6 is 0 Å². The van der Waals surface area contributed by atoms with Crippen molar-refractivity contribution in [2.75, 3.05) is 26.7 Å². The largest absolute Gasteiger partial charge is 0.302 e. The molecular weight excluding hydrogens is 196 g/mol. The maximum absolute atomic E-state index is 2.71. The van der Waals surface area contributed by atoms with Gasteiger partial charge in [0.15, 0.2) is 0 Å². The van der Waals surface area contributed by atoms with Gasteiger partial charge < -0.3 is 4.90 Å². The van der Waals surface area contributed by atoms with Gasteiger partial charge in [-0.3, -0.25) is 4.90 Å². The number of hydrogen-bond acceptors (Lipinski definition) is 2. The smallest absolute Gasteiger partial charge is 0.0223 e. The Kier molecular flexibility index (Phi) is 4.66. The van der Waals surface area contributed by atoms with E-state index in [4.69, 9.17) is 0 Å². The van der Waals surface area contributed by atoms with Crippen molar-refractivity contribution < 1.29 is 0 Å². The number of rotatable bonds is 3. The summed E-state index contributed by atoms with van der Waals surface area (Å²) in [5.41, 5.74) is 0. The van der Waals surface area contributed by atoms with Gasteiger partial charge in [-0.15, -0.1) is 0 Å². The molecule has 1 aliphatic carbocycles. The molecule has 1 saturated carbocycles. The Morgan fingerprint density at radius 2 is 1.69 bits per heavy atom. The van der Waals surface area contributed by atoms with Crippen LogP contribution in [-0.4, -0.2) is 48.6 Å². The molecule has 94 valence electrons. The maximum atomic E-state index is 2.71. The number of piperidine rings is 1. The van der Waals surface area contributed by atoms with Crippen molar-refractivity contribution >= 4 is 0 Å². The third kappa shape index (κ3) is 2.98. The van der Waals surface area contributed by atoms with Gasteiger partial charge in [-0.1, -0.05) is 26.2 Å². The lowest BCUT2D eigenvalue weighted by Gasteiger charge is -2.42. The van der Waals surface area contributed by atoms with E-state index in [-0.39, 0.29) is 0 Å². The van der Waals surface area contributed by atoms with Gasteiger partial charge in [0.05, 0.1) is 0 Å². The molecule has 1 saturated heterocycles. The highest BCUT2D eigenvalue weighted by Crippen LogP contribution is 2.25. The first kappa shape index (κ1) is 12.4. The molecule has 16 heavy (non-hydrogen) atoms. The van der Waals surface area contributed by atoms with Crippen LogP contribution in [0.1, 0.15) is 51.9 Å². The zero-order chi connectivity index (χ0) is 11.4. The van der Waals surface area contributed by atoms with Crippen LogP contribution < -0.4 is 0 Å². The monoisotopic (exact) mass is 224 g/mol. The van der Waals surface area contributed by atoms with Crippen LogP contribution in [0.25, 0.3) is 0 Å². The molecule has 2 heteroatoms. The van der Waals surface area contributed by atoms with Crippen molar-refractivity contribution in [1.82, 2.24) is 9.80 Å². The normalized spacial score (nSPS) is 29.8. The average molecular weight is 224 g/mol. The second-order valence-electron chi connectivity index (χ2n) is 5.65. The Morgan fingerprint density at radius 3 is 2.38 bits per heavy atom. The fourth-order valence-electron chi connectivity index (χ4n) is 3.44. The van der Waals surface area contributed by atoms with Crippen molar-refractivity contribution in [3.63, 3.8) is 0 Å². The number of likely N-dealkylation sites (tertiary alicyclic amines) is 1. The summed E-state index contributed by atoms with van der Waals surface area (Å²) >= 11 is 0. The molecule has 0 amide bonds. The molecule has 1 unspecified atom stereocenters. The molecule has 1 atom stereocenters. The molecule has 0 N–H and O–H groups in total. The first-order valence-corrected chi connectivity index (χ1v) is 7.25. The van der Waals surface area contributed by atoms with Crippen LogP contribution in [0.5, 0.6) is 0 Å². The number of hydrogen-bond donors (Lipinski definition) is 0. The predicted octanol–water partition coefficient (Wildman–Crippen LogP) is 2.74. The third-order valence-corrected chi connectivity index (χ3v) is 4.65. The number of likely N-dealkylation sites (N-methyl/N-ethyl adjacent to an activating group) is 2. The fourth-order valence-corrected chi connectivity index (χ4v) is 3.44. The molecule has 1 heterocycles. The minimum Gasteiger partial charge on any atom is -0.302 e. The summed E-state index contributed by atoms with van der Waals surface area (Å²) in [6.45, 7) is 6.16. The second-order valence-corrected chi connectivity index (χ2v) is 5.65. The minimum atomic E-state index is 0.830. The summed E-state index contributed by atoms with van der Waals surface area (Å²) in [6, 6.07) is 1.72. The fraction of sp³-hybridized carbons (Fsp3) is 1.00. The molecular formula is C14H28N2. The van der Waals surface area contributed by atoms with Gasteiger partial charge in [0.2, 0.25) is 0 Å². The summed E-state index contributed by atoms with van der Waals surface area (Å²) in [5.74, 6) is 0.